The fraction of sp³-hybridized carbons (Fsp3) is 1.00. The first-order valence-electron chi connectivity index (χ1n) is 3.10. The lowest BCUT2D eigenvalue weighted by molar-refractivity contribution is -0.746. The van der Waals surface area contributed by atoms with Crippen LogP contribution in [0.1, 0.15) is 0 Å². The summed E-state index contributed by atoms with van der Waals surface area (Å²) in [6, 6.07) is 0. The molecule has 0 atom stereocenters. The van der Waals surface area contributed by atoms with E-state index in [4.69, 9.17) is 0 Å². The first kappa shape index (κ1) is 2.62. The molecule has 0 aromatic carbocycles. The zero-order chi connectivity index (χ0) is 4.62. The largest absolute Gasteiger partial charge is 0.216 e. The van der Waals surface area contributed by atoms with Crippen molar-refractivity contribution in [2.45, 2.75) is 25.2 Å². The summed E-state index contributed by atoms with van der Waals surface area (Å²) >= 11 is 0. The Morgan fingerprint density at radius 3 is 0.875 bits per heavy atom. The van der Waals surface area contributed by atoms with E-state index in [-0.39, 0.29) is 0 Å². The highest BCUT2D eigenvalue weighted by molar-refractivity contribution is 5.32. The van der Waals surface area contributed by atoms with E-state index in [1.54, 1.807) is 0 Å². The summed E-state index contributed by atoms with van der Waals surface area (Å²) in [7, 11) is 0. The van der Waals surface area contributed by atoms with Crippen LogP contribution in [0.2, 0.25) is 0 Å². The summed E-state index contributed by atoms with van der Waals surface area (Å²) in [4.78, 5) is 10.2. The van der Waals surface area contributed by atoms with Crippen molar-refractivity contribution in [3.63, 3.8) is 0 Å². The van der Waals surface area contributed by atoms with Crippen LogP contribution in [0, 0.1) is 0 Å². The number of hydrogen-bond acceptors (Lipinski definition) is 4. The van der Waals surface area contributed by atoms with Crippen LogP contribution in [-0.4, -0.2) is 44.8 Å². The van der Waals surface area contributed by atoms with E-state index in [9.17, 15) is 0 Å². The van der Waals surface area contributed by atoms with Crippen LogP contribution < -0.4 is 0 Å². The quantitative estimate of drug-likeness (QED) is 0.370. The molecule has 4 heteroatoms. The van der Waals surface area contributed by atoms with Crippen LogP contribution in [0.3, 0.4) is 0 Å². The third-order valence-corrected chi connectivity index (χ3v) is 3.20. The molecule has 6 rings (SSSR count). The Balaban J connectivity index is 2.00. The molecule has 0 saturated carbocycles. The lowest BCUT2D eigenvalue weighted by Crippen LogP contribution is -3.26. The van der Waals surface area contributed by atoms with Crippen LogP contribution in [-0.2, 0) is 0 Å². The topological polar surface area (TPSA) is 13.0 Å². The molecule has 6 aliphatic heterocycles. The second-order valence-corrected chi connectivity index (χ2v) is 3.17. The predicted molar refractivity (Wildman–Crippen MR) is 22.5 cm³/mol. The molecule has 0 bridgehead atoms. The maximum Gasteiger partial charge on any atom is 0.133 e. The Bertz CT molecular complexity index is 118. The first-order chi connectivity index (χ1) is 4.00. The van der Waals surface area contributed by atoms with Crippen LogP contribution >= 0.6 is 0 Å². The molecule has 4 nitrogen and oxygen atoms in total. The van der Waals surface area contributed by atoms with Gasteiger partial charge in [0, 0.05) is 0 Å². The fourth-order valence-corrected chi connectivity index (χ4v) is 2.86. The van der Waals surface area contributed by atoms with Gasteiger partial charge in [-0.15, -0.1) is 0 Å². The van der Waals surface area contributed by atoms with Crippen molar-refractivity contribution in [1.82, 2.24) is 19.6 Å². The van der Waals surface area contributed by atoms with Crippen molar-refractivity contribution in [2.24, 2.45) is 0 Å². The molecule has 0 amide bonds. The Kier molecular flexibility index (Phi) is 0.134. The highest BCUT2D eigenvalue weighted by atomic mass is 16.2. The molecule has 0 spiro atoms. The van der Waals surface area contributed by atoms with E-state index in [1.807, 2.05) is 0 Å². The van der Waals surface area contributed by atoms with E-state index in [0.717, 1.165) is 25.2 Å². The van der Waals surface area contributed by atoms with Crippen molar-refractivity contribution in [1.29, 1.82) is 0 Å². The molecule has 0 radical (unpaired) electrons. The van der Waals surface area contributed by atoms with Gasteiger partial charge in [0.1, 0.15) is 25.2 Å². The summed E-state index contributed by atoms with van der Waals surface area (Å²) in [5.41, 5.74) is 0. The smallest absolute Gasteiger partial charge is 0.133 e. The molecule has 0 N–H and O–H groups in total. The van der Waals surface area contributed by atoms with Crippen LogP contribution in [0.15, 0.2) is 0 Å². The molecule has 40 valence electrons. The van der Waals surface area contributed by atoms with Gasteiger partial charge in [0.15, 0.2) is 0 Å². The van der Waals surface area contributed by atoms with Crippen molar-refractivity contribution >= 4 is 0 Å². The molecular formula is C4H4N4. The fourth-order valence-electron chi connectivity index (χ4n) is 2.86. The van der Waals surface area contributed by atoms with E-state index in [1.165, 1.54) is 0 Å². The monoisotopic (exact) mass is 108 g/mol. The van der Waals surface area contributed by atoms with Gasteiger partial charge in [-0.3, -0.25) is 0 Å². The lowest BCUT2D eigenvalue weighted by Gasteiger charge is -3.04. The van der Waals surface area contributed by atoms with E-state index in [0.29, 0.717) is 0 Å². The number of nitrogens with zero attached hydrogens (tertiary/aromatic N) is 4. The first-order valence-corrected chi connectivity index (χ1v) is 3.10. The summed E-state index contributed by atoms with van der Waals surface area (Å²) < 4.78 is 0. The van der Waals surface area contributed by atoms with Crippen molar-refractivity contribution in [2.75, 3.05) is 0 Å². The van der Waals surface area contributed by atoms with Gasteiger partial charge < -0.3 is 0 Å². The second-order valence-electron chi connectivity index (χ2n) is 3.17. The van der Waals surface area contributed by atoms with Gasteiger partial charge in [-0.2, -0.15) is 0 Å². The normalized spacial score (nSPS) is 81.0. The van der Waals surface area contributed by atoms with Gasteiger partial charge in [0.2, 0.25) is 0 Å². The van der Waals surface area contributed by atoms with Gasteiger partial charge in [-0.1, -0.05) is 0 Å². The van der Waals surface area contributed by atoms with E-state index < -0.39 is 0 Å². The predicted octanol–water partition coefficient (Wildman–Crippen LogP) is -1.60. The third kappa shape index (κ3) is 0.0598. The van der Waals surface area contributed by atoms with Crippen molar-refractivity contribution in [3.05, 3.63) is 0 Å². The Labute approximate surface area is 45.8 Å². The minimum absolute atomic E-state index is 0.792. The molecule has 0 aromatic heterocycles. The van der Waals surface area contributed by atoms with Crippen LogP contribution in [0.4, 0.5) is 0 Å². The minimum Gasteiger partial charge on any atom is -0.216 e. The highest BCUT2D eigenvalue weighted by Gasteiger charge is 2.97. The molecular weight excluding hydrogens is 104 g/mol. The average molecular weight is 108 g/mol. The summed E-state index contributed by atoms with van der Waals surface area (Å²) in [6.45, 7) is 0. The highest BCUT2D eigenvalue weighted by Crippen LogP contribution is 2.74. The maximum absolute atomic E-state index is 2.54. The van der Waals surface area contributed by atoms with E-state index in [2.05, 4.69) is 19.6 Å². The molecule has 0 unspecified atom stereocenters. The Hall–Kier alpha value is -0.160. The SMILES string of the molecule is C12N3C4N1C1N2C3N41. The summed E-state index contributed by atoms with van der Waals surface area (Å²) in [5.74, 6) is 0. The van der Waals surface area contributed by atoms with Gasteiger partial charge in [-0.05, 0) is 0 Å². The standard InChI is InChI=1S/C4H4N4/c1-5-2-6(1)4-7(1)3(5)8(2)4/h1-4H. The molecule has 6 saturated heterocycles. The second kappa shape index (κ2) is 0.410. The lowest BCUT2D eigenvalue weighted by atomic mass is 9.85. The molecule has 0 aliphatic carbocycles. The van der Waals surface area contributed by atoms with Gasteiger partial charge >= 0.3 is 0 Å². The number of rotatable bonds is 0. The van der Waals surface area contributed by atoms with Crippen LogP contribution in [0.5, 0.6) is 0 Å². The zero-order valence-corrected chi connectivity index (χ0v) is 4.10. The zero-order valence-electron chi connectivity index (χ0n) is 4.10. The van der Waals surface area contributed by atoms with Crippen molar-refractivity contribution in [3.8, 4) is 0 Å². The average Bonchev–Trinajstić information content (AvgIpc) is 1.90. The third-order valence-electron chi connectivity index (χ3n) is 3.20. The molecule has 6 aliphatic rings. The van der Waals surface area contributed by atoms with Gasteiger partial charge in [0.05, 0.1) is 0 Å². The molecule has 6 heterocycles. The van der Waals surface area contributed by atoms with Crippen LogP contribution in [0.25, 0.3) is 0 Å². The van der Waals surface area contributed by atoms with Gasteiger partial charge in [-0.25, -0.2) is 19.6 Å². The number of hydrogen-bond donors (Lipinski definition) is 0. The summed E-state index contributed by atoms with van der Waals surface area (Å²) in [6.07, 6.45) is 3.17. The van der Waals surface area contributed by atoms with Gasteiger partial charge in [0.25, 0.3) is 0 Å². The maximum atomic E-state index is 2.54. The van der Waals surface area contributed by atoms with Crippen molar-refractivity contribution < 1.29 is 0 Å². The molecule has 8 heavy (non-hydrogen) atoms. The molecule has 0 aromatic rings. The summed E-state index contributed by atoms with van der Waals surface area (Å²) in [5, 5.41) is 0. The minimum atomic E-state index is 0.792. The molecule has 6 fully saturated rings. The Morgan fingerprint density at radius 2 is 0.750 bits per heavy atom. The Morgan fingerprint density at radius 1 is 0.500 bits per heavy atom. The van der Waals surface area contributed by atoms with E-state index >= 15 is 0 Å².